The summed E-state index contributed by atoms with van der Waals surface area (Å²) in [5.74, 6) is -0.0910. The number of nitro groups is 1. The molecule has 7 heteroatoms. The van der Waals surface area contributed by atoms with Gasteiger partial charge in [-0.2, -0.15) is 5.26 Å². The van der Waals surface area contributed by atoms with E-state index in [1.807, 2.05) is 36.4 Å². The number of benzene rings is 3. The third-order valence-corrected chi connectivity index (χ3v) is 5.90. The average Bonchev–Trinajstić information content (AvgIpc) is 2.88. The molecule has 4 rings (SSSR count). The van der Waals surface area contributed by atoms with Crippen LogP contribution in [0, 0.1) is 21.4 Å². The van der Waals surface area contributed by atoms with Gasteiger partial charge in [-0.05, 0) is 34.4 Å². The molecular formula is C27H24N4O3. The molecule has 0 saturated carbocycles. The zero-order valence-electron chi connectivity index (χ0n) is 18.6. The second-order valence-electron chi connectivity index (χ2n) is 8.14. The molecule has 1 heterocycles. The van der Waals surface area contributed by atoms with E-state index in [9.17, 15) is 20.2 Å². The molecule has 170 valence electrons. The van der Waals surface area contributed by atoms with Gasteiger partial charge in [-0.1, -0.05) is 54.6 Å². The summed E-state index contributed by atoms with van der Waals surface area (Å²) < 4.78 is 0. The maximum Gasteiger partial charge on any atom is 0.270 e. The van der Waals surface area contributed by atoms with Crippen molar-refractivity contribution < 1.29 is 9.72 Å². The quantitative estimate of drug-likeness (QED) is 0.312. The highest BCUT2D eigenvalue weighted by atomic mass is 16.6. The summed E-state index contributed by atoms with van der Waals surface area (Å²) in [6, 6.07) is 24.3. The van der Waals surface area contributed by atoms with Crippen LogP contribution in [0.3, 0.4) is 0 Å². The van der Waals surface area contributed by atoms with Crippen LogP contribution in [-0.4, -0.2) is 46.8 Å². The molecular weight excluding hydrogens is 428 g/mol. The standard InChI is InChI=1S/C27H24N4O3/c28-19-24-5-1-2-7-26(24)23-11-8-22(9-12-23)20-29-14-16-30(17-15-29)27(32)13-10-21-4-3-6-25(18-21)31(33)34/h1-13,18H,14-17,20H2/b13-10+. The van der Waals surface area contributed by atoms with E-state index in [1.54, 1.807) is 23.1 Å². The Balaban J connectivity index is 1.30. The highest BCUT2D eigenvalue weighted by Gasteiger charge is 2.19. The number of hydrogen-bond donors (Lipinski definition) is 0. The maximum absolute atomic E-state index is 12.5. The van der Waals surface area contributed by atoms with Crippen LogP contribution < -0.4 is 0 Å². The summed E-state index contributed by atoms with van der Waals surface area (Å²) >= 11 is 0. The SMILES string of the molecule is N#Cc1ccccc1-c1ccc(CN2CCN(C(=O)/C=C/c3cccc([N+](=O)[O-])c3)CC2)cc1. The zero-order valence-corrected chi connectivity index (χ0v) is 18.6. The van der Waals surface area contributed by atoms with Gasteiger partial charge in [0.25, 0.3) is 5.69 Å². The molecule has 1 aliphatic rings. The van der Waals surface area contributed by atoms with Gasteiger partial charge in [0.2, 0.25) is 5.91 Å². The van der Waals surface area contributed by atoms with E-state index in [-0.39, 0.29) is 11.6 Å². The second kappa shape index (κ2) is 10.6. The first-order chi connectivity index (χ1) is 16.5. The Morgan fingerprint density at radius 3 is 2.44 bits per heavy atom. The first-order valence-electron chi connectivity index (χ1n) is 11.1. The van der Waals surface area contributed by atoms with Gasteiger partial charge in [0, 0.05) is 50.9 Å². The lowest BCUT2D eigenvalue weighted by molar-refractivity contribution is -0.384. The van der Waals surface area contributed by atoms with Gasteiger partial charge in [0.1, 0.15) is 0 Å². The highest BCUT2D eigenvalue weighted by Crippen LogP contribution is 2.24. The van der Waals surface area contributed by atoms with Crippen molar-refractivity contribution in [1.29, 1.82) is 5.26 Å². The van der Waals surface area contributed by atoms with Crippen LogP contribution in [0.4, 0.5) is 5.69 Å². The van der Waals surface area contributed by atoms with Crippen LogP contribution in [0.1, 0.15) is 16.7 Å². The molecule has 0 spiro atoms. The molecule has 0 aromatic heterocycles. The molecule has 3 aromatic rings. The summed E-state index contributed by atoms with van der Waals surface area (Å²) in [6.45, 7) is 3.61. The summed E-state index contributed by atoms with van der Waals surface area (Å²) in [5, 5.41) is 20.2. The Morgan fingerprint density at radius 2 is 1.74 bits per heavy atom. The number of nitriles is 1. The Kier molecular flexibility index (Phi) is 7.11. The predicted octanol–water partition coefficient (Wildman–Crippen LogP) is 4.49. The Morgan fingerprint density at radius 1 is 1.00 bits per heavy atom. The van der Waals surface area contributed by atoms with E-state index in [1.165, 1.54) is 23.8 Å². The number of piperazine rings is 1. The van der Waals surface area contributed by atoms with Crippen molar-refractivity contribution in [3.63, 3.8) is 0 Å². The Bertz CT molecular complexity index is 1250. The fourth-order valence-electron chi connectivity index (χ4n) is 4.02. The lowest BCUT2D eigenvalue weighted by Gasteiger charge is -2.34. The largest absolute Gasteiger partial charge is 0.337 e. The number of carbonyl (C=O) groups excluding carboxylic acids is 1. The van der Waals surface area contributed by atoms with Crippen molar-refractivity contribution in [2.24, 2.45) is 0 Å². The molecule has 1 amide bonds. The topological polar surface area (TPSA) is 90.5 Å². The van der Waals surface area contributed by atoms with Gasteiger partial charge in [-0.3, -0.25) is 19.8 Å². The van der Waals surface area contributed by atoms with Crippen LogP contribution in [0.15, 0.2) is 78.9 Å². The summed E-state index contributed by atoms with van der Waals surface area (Å²) in [5.41, 5.74) is 4.43. The molecule has 7 nitrogen and oxygen atoms in total. The van der Waals surface area contributed by atoms with Crippen LogP contribution in [0.2, 0.25) is 0 Å². The van der Waals surface area contributed by atoms with E-state index in [2.05, 4.69) is 23.1 Å². The van der Waals surface area contributed by atoms with Gasteiger partial charge in [-0.15, -0.1) is 0 Å². The van der Waals surface area contributed by atoms with E-state index < -0.39 is 4.92 Å². The van der Waals surface area contributed by atoms with Gasteiger partial charge < -0.3 is 4.90 Å². The fraction of sp³-hybridized carbons (Fsp3) is 0.185. The fourth-order valence-corrected chi connectivity index (χ4v) is 4.02. The summed E-state index contributed by atoms with van der Waals surface area (Å²) in [7, 11) is 0. The number of carbonyl (C=O) groups is 1. The molecule has 0 atom stereocenters. The van der Waals surface area contributed by atoms with E-state index in [0.717, 1.165) is 30.8 Å². The Hall–Kier alpha value is -4.28. The number of nitrogens with zero attached hydrogens (tertiary/aromatic N) is 4. The van der Waals surface area contributed by atoms with Gasteiger partial charge >= 0.3 is 0 Å². The number of non-ortho nitro benzene ring substituents is 1. The van der Waals surface area contributed by atoms with Crippen molar-refractivity contribution in [2.45, 2.75) is 6.54 Å². The van der Waals surface area contributed by atoms with E-state index in [0.29, 0.717) is 24.2 Å². The summed E-state index contributed by atoms with van der Waals surface area (Å²) in [6.07, 6.45) is 3.10. The van der Waals surface area contributed by atoms with Crippen molar-refractivity contribution in [2.75, 3.05) is 26.2 Å². The molecule has 1 saturated heterocycles. The predicted molar refractivity (Wildman–Crippen MR) is 131 cm³/mol. The van der Waals surface area contributed by atoms with Gasteiger partial charge in [0.15, 0.2) is 0 Å². The third kappa shape index (κ3) is 5.55. The lowest BCUT2D eigenvalue weighted by Crippen LogP contribution is -2.47. The van der Waals surface area contributed by atoms with Crippen molar-refractivity contribution >= 4 is 17.7 Å². The summed E-state index contributed by atoms with van der Waals surface area (Å²) in [4.78, 5) is 27.1. The smallest absolute Gasteiger partial charge is 0.270 e. The molecule has 3 aromatic carbocycles. The third-order valence-electron chi connectivity index (χ3n) is 5.90. The maximum atomic E-state index is 12.5. The van der Waals surface area contributed by atoms with Crippen LogP contribution in [-0.2, 0) is 11.3 Å². The lowest BCUT2D eigenvalue weighted by atomic mass is 9.99. The minimum Gasteiger partial charge on any atom is -0.337 e. The molecule has 34 heavy (non-hydrogen) atoms. The molecule has 1 aliphatic heterocycles. The highest BCUT2D eigenvalue weighted by molar-refractivity contribution is 5.92. The number of hydrogen-bond acceptors (Lipinski definition) is 5. The van der Waals surface area contributed by atoms with E-state index in [4.69, 9.17) is 0 Å². The molecule has 0 N–H and O–H groups in total. The van der Waals surface area contributed by atoms with Crippen molar-refractivity contribution in [3.8, 4) is 17.2 Å². The molecule has 0 unspecified atom stereocenters. The molecule has 0 bridgehead atoms. The minimum atomic E-state index is -0.447. The van der Waals surface area contributed by atoms with Crippen LogP contribution >= 0.6 is 0 Å². The van der Waals surface area contributed by atoms with Crippen molar-refractivity contribution in [3.05, 3.63) is 106 Å². The Labute approximate surface area is 198 Å². The molecule has 0 radical (unpaired) electrons. The first-order valence-corrected chi connectivity index (χ1v) is 11.1. The average molecular weight is 453 g/mol. The van der Waals surface area contributed by atoms with E-state index >= 15 is 0 Å². The molecule has 1 fully saturated rings. The number of amides is 1. The number of rotatable bonds is 6. The second-order valence-corrected chi connectivity index (χ2v) is 8.14. The molecule has 0 aliphatic carbocycles. The van der Waals surface area contributed by atoms with Gasteiger partial charge in [-0.25, -0.2) is 0 Å². The zero-order chi connectivity index (χ0) is 23.9. The number of nitro benzene ring substituents is 1. The first kappa shape index (κ1) is 22.9. The van der Waals surface area contributed by atoms with Crippen molar-refractivity contribution in [1.82, 2.24) is 9.80 Å². The van der Waals surface area contributed by atoms with Gasteiger partial charge in [0.05, 0.1) is 16.6 Å². The normalized spacial score (nSPS) is 14.1. The van der Waals surface area contributed by atoms with Crippen LogP contribution in [0.25, 0.3) is 17.2 Å². The van der Waals surface area contributed by atoms with Crippen LogP contribution in [0.5, 0.6) is 0 Å². The minimum absolute atomic E-state index is 0.00511. The monoisotopic (exact) mass is 452 g/mol.